The van der Waals surface area contributed by atoms with E-state index >= 15 is 0 Å². The molecule has 3 nitrogen and oxygen atoms in total. The number of carbonyl (C=O) groups is 1. The van der Waals surface area contributed by atoms with Gasteiger partial charge in [0.05, 0.1) is 11.4 Å². The summed E-state index contributed by atoms with van der Waals surface area (Å²) in [7, 11) is 0. The van der Waals surface area contributed by atoms with Crippen molar-refractivity contribution in [1.82, 2.24) is 0 Å². The number of carbonyl (C=O) groups excluding carboxylic acids is 1. The van der Waals surface area contributed by atoms with E-state index in [1.807, 2.05) is 26.0 Å². The number of rotatable bonds is 2. The van der Waals surface area contributed by atoms with Gasteiger partial charge in [-0.15, -0.1) is 0 Å². The molecule has 1 fully saturated rings. The summed E-state index contributed by atoms with van der Waals surface area (Å²) >= 11 is 0. The van der Waals surface area contributed by atoms with Crippen LogP contribution >= 0.6 is 0 Å². The van der Waals surface area contributed by atoms with Gasteiger partial charge in [-0.25, -0.2) is 0 Å². The average Bonchev–Trinajstić information content (AvgIpc) is 2.83. The zero-order valence-corrected chi connectivity index (χ0v) is 10.5. The summed E-state index contributed by atoms with van der Waals surface area (Å²) in [5.41, 5.74) is 9.59. The molecule has 0 heterocycles. The van der Waals surface area contributed by atoms with Crippen LogP contribution in [-0.2, 0) is 4.79 Å². The number of nitrogens with one attached hydrogen (secondary N) is 1. The first kappa shape index (κ1) is 12.0. The number of amides is 1. The first-order chi connectivity index (χ1) is 8.09. The minimum atomic E-state index is 0.128. The summed E-state index contributed by atoms with van der Waals surface area (Å²) in [6.45, 7) is 4.02. The Kier molecular flexibility index (Phi) is 3.36. The number of anilines is 2. The lowest BCUT2D eigenvalue weighted by Gasteiger charge is -2.15. The van der Waals surface area contributed by atoms with E-state index < -0.39 is 0 Å². The van der Waals surface area contributed by atoms with Gasteiger partial charge in [-0.2, -0.15) is 0 Å². The standard InChI is InChI=1S/C14H20N2O/c1-9-7-8-12(15)13(10(9)2)16-14(17)11-5-3-4-6-11/h7-8,11H,3-6,15H2,1-2H3,(H,16,17). The predicted molar refractivity (Wildman–Crippen MR) is 70.9 cm³/mol. The summed E-state index contributed by atoms with van der Waals surface area (Å²) in [6.07, 6.45) is 4.36. The second-order valence-corrected chi connectivity index (χ2v) is 4.94. The van der Waals surface area contributed by atoms with Crippen LogP contribution < -0.4 is 11.1 Å². The molecule has 0 atom stereocenters. The molecule has 1 saturated carbocycles. The fraction of sp³-hybridized carbons (Fsp3) is 0.500. The van der Waals surface area contributed by atoms with Crippen molar-refractivity contribution < 1.29 is 4.79 Å². The van der Waals surface area contributed by atoms with E-state index in [9.17, 15) is 4.79 Å². The highest BCUT2D eigenvalue weighted by Crippen LogP contribution is 2.29. The van der Waals surface area contributed by atoms with Crippen molar-refractivity contribution >= 4 is 17.3 Å². The van der Waals surface area contributed by atoms with Gasteiger partial charge in [-0.05, 0) is 43.9 Å². The SMILES string of the molecule is Cc1ccc(N)c(NC(=O)C2CCCC2)c1C. The molecule has 0 spiro atoms. The second-order valence-electron chi connectivity index (χ2n) is 4.94. The van der Waals surface area contributed by atoms with Crippen LogP contribution in [0, 0.1) is 19.8 Å². The highest BCUT2D eigenvalue weighted by atomic mass is 16.1. The molecule has 92 valence electrons. The van der Waals surface area contributed by atoms with Gasteiger partial charge >= 0.3 is 0 Å². The highest BCUT2D eigenvalue weighted by Gasteiger charge is 2.23. The predicted octanol–water partition coefficient (Wildman–Crippen LogP) is 3.01. The van der Waals surface area contributed by atoms with Gasteiger partial charge in [0.15, 0.2) is 0 Å². The quantitative estimate of drug-likeness (QED) is 0.770. The van der Waals surface area contributed by atoms with E-state index in [0.717, 1.165) is 29.7 Å². The van der Waals surface area contributed by atoms with Gasteiger partial charge in [0.1, 0.15) is 0 Å². The molecule has 3 heteroatoms. The van der Waals surface area contributed by atoms with Crippen molar-refractivity contribution in [2.75, 3.05) is 11.1 Å². The topological polar surface area (TPSA) is 55.1 Å². The molecule has 0 unspecified atom stereocenters. The fourth-order valence-corrected chi connectivity index (χ4v) is 2.42. The maximum Gasteiger partial charge on any atom is 0.227 e. The van der Waals surface area contributed by atoms with Crippen LogP contribution in [0.1, 0.15) is 36.8 Å². The number of aryl methyl sites for hydroxylation is 1. The normalized spacial score (nSPS) is 16.1. The number of hydrogen-bond acceptors (Lipinski definition) is 2. The third-order valence-electron chi connectivity index (χ3n) is 3.74. The van der Waals surface area contributed by atoms with Crippen LogP contribution in [0.2, 0.25) is 0 Å². The monoisotopic (exact) mass is 232 g/mol. The molecule has 1 aromatic rings. The van der Waals surface area contributed by atoms with E-state index in [4.69, 9.17) is 5.73 Å². The molecule has 3 N–H and O–H groups in total. The smallest absolute Gasteiger partial charge is 0.227 e. The van der Waals surface area contributed by atoms with Crippen LogP contribution in [0.5, 0.6) is 0 Å². The lowest BCUT2D eigenvalue weighted by molar-refractivity contribution is -0.119. The van der Waals surface area contributed by atoms with Crippen molar-refractivity contribution in [3.8, 4) is 0 Å². The zero-order valence-electron chi connectivity index (χ0n) is 10.5. The average molecular weight is 232 g/mol. The number of hydrogen-bond donors (Lipinski definition) is 2. The molecule has 0 radical (unpaired) electrons. The Hall–Kier alpha value is -1.51. The molecule has 0 bridgehead atoms. The molecule has 1 aromatic carbocycles. The molecule has 1 amide bonds. The Morgan fingerprint density at radius 2 is 1.94 bits per heavy atom. The number of nitrogens with two attached hydrogens (primary N) is 1. The molecule has 0 aromatic heterocycles. The summed E-state index contributed by atoms with van der Waals surface area (Å²) in [6, 6.07) is 3.84. The largest absolute Gasteiger partial charge is 0.397 e. The van der Waals surface area contributed by atoms with Crippen molar-refractivity contribution in [3.63, 3.8) is 0 Å². The molecule has 17 heavy (non-hydrogen) atoms. The lowest BCUT2D eigenvalue weighted by atomic mass is 10.0. The van der Waals surface area contributed by atoms with Crippen LogP contribution in [0.3, 0.4) is 0 Å². The zero-order chi connectivity index (χ0) is 12.4. The van der Waals surface area contributed by atoms with E-state index in [2.05, 4.69) is 5.32 Å². The third-order valence-corrected chi connectivity index (χ3v) is 3.74. The van der Waals surface area contributed by atoms with Crippen molar-refractivity contribution in [3.05, 3.63) is 23.3 Å². The molecular weight excluding hydrogens is 212 g/mol. The van der Waals surface area contributed by atoms with Crippen LogP contribution in [0.4, 0.5) is 11.4 Å². The first-order valence-electron chi connectivity index (χ1n) is 6.26. The van der Waals surface area contributed by atoms with Crippen molar-refractivity contribution in [2.24, 2.45) is 5.92 Å². The van der Waals surface area contributed by atoms with Gasteiger partial charge < -0.3 is 11.1 Å². The maximum atomic E-state index is 12.1. The van der Waals surface area contributed by atoms with Crippen LogP contribution in [0.25, 0.3) is 0 Å². The number of nitrogen functional groups attached to an aromatic ring is 1. The molecule has 1 aliphatic carbocycles. The van der Waals surface area contributed by atoms with E-state index in [1.54, 1.807) is 0 Å². The number of benzene rings is 1. The van der Waals surface area contributed by atoms with E-state index in [0.29, 0.717) is 5.69 Å². The summed E-state index contributed by atoms with van der Waals surface area (Å²) in [5.74, 6) is 0.303. The van der Waals surface area contributed by atoms with Crippen LogP contribution in [0.15, 0.2) is 12.1 Å². The van der Waals surface area contributed by atoms with Gasteiger partial charge in [-0.1, -0.05) is 18.9 Å². The minimum Gasteiger partial charge on any atom is -0.397 e. The molecule has 2 rings (SSSR count). The van der Waals surface area contributed by atoms with Gasteiger partial charge in [0.2, 0.25) is 5.91 Å². The molecule has 0 aliphatic heterocycles. The Labute approximate surface area is 102 Å². The van der Waals surface area contributed by atoms with Crippen molar-refractivity contribution in [2.45, 2.75) is 39.5 Å². The Balaban J connectivity index is 2.17. The van der Waals surface area contributed by atoms with Crippen LogP contribution in [-0.4, -0.2) is 5.91 Å². The lowest BCUT2D eigenvalue weighted by Crippen LogP contribution is -2.21. The van der Waals surface area contributed by atoms with E-state index in [-0.39, 0.29) is 11.8 Å². The Morgan fingerprint density at radius 1 is 1.29 bits per heavy atom. The Morgan fingerprint density at radius 3 is 2.59 bits per heavy atom. The fourth-order valence-electron chi connectivity index (χ4n) is 2.42. The minimum absolute atomic E-state index is 0.128. The molecular formula is C14H20N2O. The van der Waals surface area contributed by atoms with Crippen molar-refractivity contribution in [1.29, 1.82) is 0 Å². The second kappa shape index (κ2) is 4.78. The molecule has 1 aliphatic rings. The van der Waals surface area contributed by atoms with Gasteiger partial charge in [0, 0.05) is 5.92 Å². The summed E-state index contributed by atoms with van der Waals surface area (Å²) < 4.78 is 0. The summed E-state index contributed by atoms with van der Waals surface area (Å²) in [5, 5.41) is 3.00. The van der Waals surface area contributed by atoms with E-state index in [1.165, 1.54) is 12.8 Å². The Bertz CT molecular complexity index is 434. The first-order valence-corrected chi connectivity index (χ1v) is 6.26. The summed E-state index contributed by atoms with van der Waals surface area (Å²) in [4.78, 5) is 12.1. The molecule has 0 saturated heterocycles. The highest BCUT2D eigenvalue weighted by molar-refractivity contribution is 5.96. The van der Waals surface area contributed by atoms with Gasteiger partial charge in [-0.3, -0.25) is 4.79 Å². The van der Waals surface area contributed by atoms with Gasteiger partial charge in [0.25, 0.3) is 0 Å². The maximum absolute atomic E-state index is 12.1. The third kappa shape index (κ3) is 2.43.